The van der Waals surface area contributed by atoms with Crippen LogP contribution in [0.5, 0.6) is 0 Å². The number of aromatic nitrogens is 1. The summed E-state index contributed by atoms with van der Waals surface area (Å²) >= 11 is 0. The molecule has 1 fully saturated rings. The largest absolute Gasteiger partial charge is 0.391 e. The Labute approximate surface area is 88.6 Å². The van der Waals surface area contributed by atoms with Crippen molar-refractivity contribution in [3.63, 3.8) is 0 Å². The van der Waals surface area contributed by atoms with Gasteiger partial charge in [-0.15, -0.1) is 0 Å². The maximum atomic E-state index is 11.6. The zero-order chi connectivity index (χ0) is 11.0. The van der Waals surface area contributed by atoms with Crippen LogP contribution in [0.25, 0.3) is 0 Å². The molecule has 2 heterocycles. The molecule has 0 saturated carbocycles. The van der Waals surface area contributed by atoms with E-state index in [9.17, 15) is 9.90 Å². The summed E-state index contributed by atoms with van der Waals surface area (Å²) in [6, 6.07) is 1.82. The minimum atomic E-state index is -0.537. The maximum absolute atomic E-state index is 11.6. The standard InChI is InChI=1S/C11H14N2O2/c1-7-8(2)12-4-3-10(7)13-6-9(14)5-11(13)15/h3-4,9,14H,5-6H2,1-2H3. The van der Waals surface area contributed by atoms with Crippen LogP contribution in [0.15, 0.2) is 12.3 Å². The molecule has 1 N–H and O–H groups in total. The number of nitrogens with zero attached hydrogens (tertiary/aromatic N) is 2. The second-order valence-electron chi connectivity index (χ2n) is 3.90. The van der Waals surface area contributed by atoms with Gasteiger partial charge in [-0.3, -0.25) is 9.78 Å². The third kappa shape index (κ3) is 1.72. The predicted octanol–water partition coefficient (Wildman–Crippen LogP) is 0.796. The van der Waals surface area contributed by atoms with Gasteiger partial charge < -0.3 is 10.0 Å². The Balaban J connectivity index is 2.38. The SMILES string of the molecule is Cc1nccc(N2CC(O)CC2=O)c1C. The fraction of sp³-hybridized carbons (Fsp3) is 0.455. The Bertz CT molecular complexity index is 404. The number of hydrogen-bond donors (Lipinski definition) is 1. The number of amides is 1. The van der Waals surface area contributed by atoms with E-state index < -0.39 is 6.10 Å². The Morgan fingerprint density at radius 3 is 2.87 bits per heavy atom. The molecular formula is C11H14N2O2. The summed E-state index contributed by atoms with van der Waals surface area (Å²) in [4.78, 5) is 17.4. The first-order valence-corrected chi connectivity index (χ1v) is 5.00. The Morgan fingerprint density at radius 2 is 2.27 bits per heavy atom. The van der Waals surface area contributed by atoms with Crippen molar-refractivity contribution in [2.75, 3.05) is 11.4 Å². The van der Waals surface area contributed by atoms with Crippen LogP contribution in [-0.2, 0) is 4.79 Å². The molecule has 80 valence electrons. The molecule has 1 aromatic heterocycles. The van der Waals surface area contributed by atoms with Gasteiger partial charge in [-0.2, -0.15) is 0 Å². The Kier molecular flexibility index (Phi) is 2.44. The zero-order valence-corrected chi connectivity index (χ0v) is 8.90. The van der Waals surface area contributed by atoms with Gasteiger partial charge in [-0.25, -0.2) is 0 Å². The van der Waals surface area contributed by atoms with Gasteiger partial charge in [-0.1, -0.05) is 0 Å². The highest BCUT2D eigenvalue weighted by molar-refractivity contribution is 5.96. The molecule has 15 heavy (non-hydrogen) atoms. The number of hydrogen-bond acceptors (Lipinski definition) is 3. The number of aliphatic hydroxyl groups is 1. The van der Waals surface area contributed by atoms with Crippen molar-refractivity contribution in [3.8, 4) is 0 Å². The number of aliphatic hydroxyl groups excluding tert-OH is 1. The van der Waals surface area contributed by atoms with Crippen LogP contribution in [0.4, 0.5) is 5.69 Å². The second-order valence-corrected chi connectivity index (χ2v) is 3.90. The van der Waals surface area contributed by atoms with Crippen LogP contribution < -0.4 is 4.90 Å². The van der Waals surface area contributed by atoms with Crippen LogP contribution in [0.1, 0.15) is 17.7 Å². The lowest BCUT2D eigenvalue weighted by atomic mass is 10.2. The summed E-state index contributed by atoms with van der Waals surface area (Å²) in [5.41, 5.74) is 2.78. The molecule has 1 saturated heterocycles. The van der Waals surface area contributed by atoms with Gasteiger partial charge in [-0.05, 0) is 25.5 Å². The summed E-state index contributed by atoms with van der Waals surface area (Å²) in [7, 11) is 0. The van der Waals surface area contributed by atoms with Crippen LogP contribution in [0.2, 0.25) is 0 Å². The van der Waals surface area contributed by atoms with E-state index >= 15 is 0 Å². The molecule has 4 nitrogen and oxygen atoms in total. The van der Waals surface area contributed by atoms with Crippen molar-refractivity contribution >= 4 is 11.6 Å². The van der Waals surface area contributed by atoms with Gasteiger partial charge >= 0.3 is 0 Å². The van der Waals surface area contributed by atoms with E-state index in [1.165, 1.54) is 0 Å². The fourth-order valence-electron chi connectivity index (χ4n) is 1.84. The van der Waals surface area contributed by atoms with Crippen molar-refractivity contribution in [1.29, 1.82) is 0 Å². The number of β-amino-alcohol motifs (C(OH)–C–C–N with tert-alkyl or cyclic N) is 1. The summed E-state index contributed by atoms with van der Waals surface area (Å²) in [6.07, 6.45) is 1.38. The van der Waals surface area contributed by atoms with Crippen molar-refractivity contribution in [2.45, 2.75) is 26.4 Å². The lowest BCUT2D eigenvalue weighted by Crippen LogP contribution is -2.26. The van der Waals surface area contributed by atoms with Crippen LogP contribution in [0.3, 0.4) is 0 Å². The lowest BCUT2D eigenvalue weighted by Gasteiger charge is -2.18. The van der Waals surface area contributed by atoms with E-state index in [4.69, 9.17) is 0 Å². The molecule has 1 amide bonds. The third-order valence-corrected chi connectivity index (χ3v) is 2.82. The van der Waals surface area contributed by atoms with E-state index in [0.717, 1.165) is 16.9 Å². The summed E-state index contributed by atoms with van der Waals surface area (Å²) in [6.45, 7) is 4.24. The monoisotopic (exact) mass is 206 g/mol. The summed E-state index contributed by atoms with van der Waals surface area (Å²) in [5.74, 6) is -0.0174. The first-order chi connectivity index (χ1) is 7.09. The van der Waals surface area contributed by atoms with E-state index in [0.29, 0.717) is 6.54 Å². The van der Waals surface area contributed by atoms with Gasteiger partial charge in [0.25, 0.3) is 0 Å². The van der Waals surface area contributed by atoms with E-state index in [1.807, 2.05) is 19.9 Å². The van der Waals surface area contributed by atoms with Gasteiger partial charge in [0.2, 0.25) is 5.91 Å². The van der Waals surface area contributed by atoms with E-state index in [-0.39, 0.29) is 12.3 Å². The van der Waals surface area contributed by atoms with Crippen molar-refractivity contribution in [2.24, 2.45) is 0 Å². The smallest absolute Gasteiger partial charge is 0.229 e. The minimum Gasteiger partial charge on any atom is -0.391 e. The molecule has 0 radical (unpaired) electrons. The molecule has 1 aliphatic heterocycles. The average molecular weight is 206 g/mol. The molecule has 1 atom stereocenters. The zero-order valence-electron chi connectivity index (χ0n) is 8.90. The van der Waals surface area contributed by atoms with Crippen LogP contribution in [-0.4, -0.2) is 28.6 Å². The highest BCUT2D eigenvalue weighted by Gasteiger charge is 2.30. The van der Waals surface area contributed by atoms with E-state index in [2.05, 4.69) is 4.98 Å². The van der Waals surface area contributed by atoms with Crippen molar-refractivity contribution in [1.82, 2.24) is 4.98 Å². The topological polar surface area (TPSA) is 53.4 Å². The second kappa shape index (κ2) is 3.62. The lowest BCUT2D eigenvalue weighted by molar-refractivity contribution is -0.117. The van der Waals surface area contributed by atoms with E-state index in [1.54, 1.807) is 11.1 Å². The molecule has 4 heteroatoms. The number of aryl methyl sites for hydroxylation is 1. The first-order valence-electron chi connectivity index (χ1n) is 5.00. The minimum absolute atomic E-state index is 0.0174. The summed E-state index contributed by atoms with van der Waals surface area (Å²) < 4.78 is 0. The van der Waals surface area contributed by atoms with Gasteiger partial charge in [0.05, 0.1) is 19.1 Å². The summed E-state index contributed by atoms with van der Waals surface area (Å²) in [5, 5.41) is 9.41. The molecule has 1 unspecified atom stereocenters. The Morgan fingerprint density at radius 1 is 1.53 bits per heavy atom. The quantitative estimate of drug-likeness (QED) is 0.739. The molecule has 0 aromatic carbocycles. The molecule has 0 spiro atoms. The molecule has 1 aliphatic rings. The highest BCUT2D eigenvalue weighted by Crippen LogP contribution is 2.25. The molecule has 0 aliphatic carbocycles. The number of rotatable bonds is 1. The van der Waals surface area contributed by atoms with Gasteiger partial charge in [0.1, 0.15) is 0 Å². The molecule has 0 bridgehead atoms. The first kappa shape index (κ1) is 10.1. The van der Waals surface area contributed by atoms with Crippen molar-refractivity contribution < 1.29 is 9.90 Å². The number of carbonyl (C=O) groups is 1. The van der Waals surface area contributed by atoms with Crippen LogP contribution >= 0.6 is 0 Å². The average Bonchev–Trinajstić information content (AvgIpc) is 2.50. The highest BCUT2D eigenvalue weighted by atomic mass is 16.3. The predicted molar refractivity (Wildman–Crippen MR) is 56.7 cm³/mol. The normalized spacial score (nSPS) is 21.1. The van der Waals surface area contributed by atoms with Crippen molar-refractivity contribution in [3.05, 3.63) is 23.5 Å². The number of pyridine rings is 1. The van der Waals surface area contributed by atoms with Crippen LogP contribution in [0, 0.1) is 13.8 Å². The fourth-order valence-corrected chi connectivity index (χ4v) is 1.84. The molecule has 2 rings (SSSR count). The molecule has 1 aromatic rings. The number of carbonyl (C=O) groups excluding carboxylic acids is 1. The molecular weight excluding hydrogens is 192 g/mol. The maximum Gasteiger partial charge on any atom is 0.229 e. The number of anilines is 1. The third-order valence-electron chi connectivity index (χ3n) is 2.82. The van der Waals surface area contributed by atoms with Gasteiger partial charge in [0, 0.05) is 17.6 Å². The van der Waals surface area contributed by atoms with Gasteiger partial charge in [0.15, 0.2) is 0 Å². The Hall–Kier alpha value is -1.42.